The molecule has 2 N–H and O–H groups in total. The smallest absolute Gasteiger partial charge is 0.254 e. The van der Waals surface area contributed by atoms with Crippen LogP contribution in [0.15, 0.2) is 29.4 Å². The molecule has 18 heavy (non-hydrogen) atoms. The average Bonchev–Trinajstić information content (AvgIpc) is 2.28. The lowest BCUT2D eigenvalue weighted by Gasteiger charge is -2.19. The van der Waals surface area contributed by atoms with Crippen molar-refractivity contribution in [2.75, 3.05) is 6.54 Å². The van der Waals surface area contributed by atoms with Gasteiger partial charge in [-0.1, -0.05) is 29.8 Å². The molecule has 0 aliphatic rings. The van der Waals surface area contributed by atoms with Crippen molar-refractivity contribution in [1.29, 1.82) is 0 Å². The Labute approximate surface area is 108 Å². The van der Waals surface area contributed by atoms with Crippen LogP contribution in [-0.2, 0) is 4.79 Å². The van der Waals surface area contributed by atoms with Gasteiger partial charge in [0.25, 0.3) is 5.91 Å². The van der Waals surface area contributed by atoms with E-state index in [1.165, 1.54) is 5.56 Å². The maximum atomic E-state index is 11.4. The summed E-state index contributed by atoms with van der Waals surface area (Å²) in [6.45, 7) is 8.32. The van der Waals surface area contributed by atoms with Gasteiger partial charge in [0.05, 0.1) is 12.8 Å². The van der Waals surface area contributed by atoms with Crippen molar-refractivity contribution in [1.82, 2.24) is 10.7 Å². The zero-order valence-electron chi connectivity index (χ0n) is 11.4. The highest BCUT2D eigenvalue weighted by atomic mass is 16.2. The van der Waals surface area contributed by atoms with Gasteiger partial charge in [-0.2, -0.15) is 5.10 Å². The van der Waals surface area contributed by atoms with Crippen molar-refractivity contribution < 1.29 is 4.79 Å². The Kier molecular flexibility index (Phi) is 5.04. The summed E-state index contributed by atoms with van der Waals surface area (Å²) in [6, 6.07) is 7.92. The van der Waals surface area contributed by atoms with Crippen LogP contribution in [-0.4, -0.2) is 24.2 Å². The first-order valence-electron chi connectivity index (χ1n) is 6.00. The minimum Gasteiger partial charge on any atom is -0.304 e. The maximum Gasteiger partial charge on any atom is 0.254 e. The van der Waals surface area contributed by atoms with E-state index in [0.29, 0.717) is 0 Å². The molecule has 0 saturated carbocycles. The number of aryl methyl sites for hydroxylation is 1. The number of benzene rings is 1. The lowest BCUT2D eigenvalue weighted by Crippen LogP contribution is -2.42. The molecule has 1 rings (SSSR count). The molecule has 0 aliphatic heterocycles. The monoisotopic (exact) mass is 247 g/mol. The van der Waals surface area contributed by atoms with Crippen LogP contribution in [0.3, 0.4) is 0 Å². The summed E-state index contributed by atoms with van der Waals surface area (Å²) in [5.74, 6) is -0.145. The third kappa shape index (κ3) is 6.15. The van der Waals surface area contributed by atoms with E-state index in [4.69, 9.17) is 0 Å². The second kappa shape index (κ2) is 6.31. The van der Waals surface area contributed by atoms with Crippen LogP contribution in [0.25, 0.3) is 0 Å². The van der Waals surface area contributed by atoms with Gasteiger partial charge in [0.15, 0.2) is 0 Å². The zero-order valence-corrected chi connectivity index (χ0v) is 11.4. The molecule has 0 unspecified atom stereocenters. The van der Waals surface area contributed by atoms with Crippen molar-refractivity contribution in [3.8, 4) is 0 Å². The second-order valence-corrected chi connectivity index (χ2v) is 5.31. The zero-order chi connectivity index (χ0) is 13.6. The van der Waals surface area contributed by atoms with Gasteiger partial charge in [0, 0.05) is 5.54 Å². The fourth-order valence-corrected chi connectivity index (χ4v) is 1.22. The molecule has 0 spiro atoms. The number of hydrazone groups is 1. The number of hydrogen-bond acceptors (Lipinski definition) is 3. The van der Waals surface area contributed by atoms with Crippen molar-refractivity contribution in [3.63, 3.8) is 0 Å². The minimum atomic E-state index is -0.145. The van der Waals surface area contributed by atoms with Crippen LogP contribution in [0.1, 0.15) is 31.9 Å². The molecule has 0 aromatic heterocycles. The van der Waals surface area contributed by atoms with Crippen molar-refractivity contribution >= 4 is 12.1 Å². The number of rotatable bonds is 4. The minimum absolute atomic E-state index is 0.0714. The standard InChI is InChI=1S/C14H21N3O/c1-11-5-7-12(8-6-11)9-16-17-13(18)10-15-14(2,3)4/h5-9,15H,10H2,1-4H3,(H,17,18)/b16-9+. The number of hydrogen-bond donors (Lipinski definition) is 2. The molecular weight excluding hydrogens is 226 g/mol. The number of nitrogens with zero attached hydrogens (tertiary/aromatic N) is 1. The number of carbonyl (C=O) groups excluding carboxylic acids is 1. The van der Waals surface area contributed by atoms with Gasteiger partial charge in [-0.15, -0.1) is 0 Å². The SMILES string of the molecule is Cc1ccc(/C=N/NC(=O)CNC(C)(C)C)cc1. The third-order valence-electron chi connectivity index (χ3n) is 2.26. The van der Waals surface area contributed by atoms with Gasteiger partial charge in [-0.25, -0.2) is 5.43 Å². The van der Waals surface area contributed by atoms with Gasteiger partial charge < -0.3 is 5.32 Å². The summed E-state index contributed by atoms with van der Waals surface area (Å²) >= 11 is 0. The van der Waals surface area contributed by atoms with Crippen LogP contribution in [0.5, 0.6) is 0 Å². The van der Waals surface area contributed by atoms with Crippen molar-refractivity contribution in [2.45, 2.75) is 33.2 Å². The Bertz CT molecular complexity index is 416. The number of amides is 1. The molecule has 1 aromatic rings. The van der Waals surface area contributed by atoms with Crippen molar-refractivity contribution in [2.24, 2.45) is 5.10 Å². The molecule has 1 amide bonds. The summed E-state index contributed by atoms with van der Waals surface area (Å²) in [4.78, 5) is 11.4. The molecule has 0 atom stereocenters. The van der Waals surface area contributed by atoms with E-state index in [2.05, 4.69) is 15.8 Å². The first kappa shape index (κ1) is 14.4. The van der Waals surface area contributed by atoms with Crippen LogP contribution in [0, 0.1) is 6.92 Å². The number of nitrogens with one attached hydrogen (secondary N) is 2. The van der Waals surface area contributed by atoms with E-state index < -0.39 is 0 Å². The second-order valence-electron chi connectivity index (χ2n) is 5.31. The Hall–Kier alpha value is -1.68. The summed E-state index contributed by atoms with van der Waals surface area (Å²) in [5, 5.41) is 7.00. The van der Waals surface area contributed by atoms with Gasteiger partial charge in [-0.05, 0) is 33.3 Å². The molecule has 4 nitrogen and oxygen atoms in total. The van der Waals surface area contributed by atoms with Gasteiger partial charge >= 0.3 is 0 Å². The van der Waals surface area contributed by atoms with E-state index in [1.54, 1.807) is 6.21 Å². The third-order valence-corrected chi connectivity index (χ3v) is 2.26. The Morgan fingerprint density at radius 1 is 1.28 bits per heavy atom. The highest BCUT2D eigenvalue weighted by Gasteiger charge is 2.10. The van der Waals surface area contributed by atoms with E-state index in [0.717, 1.165) is 5.56 Å². The fraction of sp³-hybridized carbons (Fsp3) is 0.429. The maximum absolute atomic E-state index is 11.4. The summed E-state index contributed by atoms with van der Waals surface area (Å²) in [6.07, 6.45) is 1.63. The largest absolute Gasteiger partial charge is 0.304 e. The topological polar surface area (TPSA) is 53.5 Å². The van der Waals surface area contributed by atoms with Gasteiger partial charge in [-0.3, -0.25) is 4.79 Å². The number of carbonyl (C=O) groups is 1. The quantitative estimate of drug-likeness (QED) is 0.630. The van der Waals surface area contributed by atoms with E-state index in [-0.39, 0.29) is 18.0 Å². The van der Waals surface area contributed by atoms with Crippen LogP contribution < -0.4 is 10.7 Å². The normalized spacial score (nSPS) is 11.8. The predicted molar refractivity (Wildman–Crippen MR) is 74.7 cm³/mol. The summed E-state index contributed by atoms with van der Waals surface area (Å²) < 4.78 is 0. The molecule has 0 radical (unpaired) electrons. The molecule has 98 valence electrons. The Balaban J connectivity index is 2.36. The Morgan fingerprint density at radius 2 is 1.89 bits per heavy atom. The average molecular weight is 247 g/mol. The molecule has 0 aliphatic carbocycles. The van der Waals surface area contributed by atoms with Crippen LogP contribution >= 0.6 is 0 Å². The molecule has 0 saturated heterocycles. The first-order chi connectivity index (χ1) is 8.37. The van der Waals surface area contributed by atoms with Gasteiger partial charge in [0.2, 0.25) is 0 Å². The predicted octanol–water partition coefficient (Wildman–Crippen LogP) is 1.83. The molecule has 0 bridgehead atoms. The van der Waals surface area contributed by atoms with E-state index >= 15 is 0 Å². The summed E-state index contributed by atoms with van der Waals surface area (Å²) in [7, 11) is 0. The van der Waals surface area contributed by atoms with E-state index in [1.807, 2.05) is 52.0 Å². The van der Waals surface area contributed by atoms with E-state index in [9.17, 15) is 4.79 Å². The molecular formula is C14H21N3O. The molecule has 1 aromatic carbocycles. The molecule has 0 fully saturated rings. The van der Waals surface area contributed by atoms with Crippen LogP contribution in [0.2, 0.25) is 0 Å². The molecule has 4 heteroatoms. The lowest BCUT2D eigenvalue weighted by atomic mass is 10.1. The van der Waals surface area contributed by atoms with Crippen molar-refractivity contribution in [3.05, 3.63) is 35.4 Å². The molecule has 0 heterocycles. The highest BCUT2D eigenvalue weighted by molar-refractivity contribution is 5.83. The first-order valence-corrected chi connectivity index (χ1v) is 6.00. The van der Waals surface area contributed by atoms with Crippen LogP contribution in [0.4, 0.5) is 0 Å². The lowest BCUT2D eigenvalue weighted by molar-refractivity contribution is -0.120. The highest BCUT2D eigenvalue weighted by Crippen LogP contribution is 2.00. The fourth-order valence-electron chi connectivity index (χ4n) is 1.22. The Morgan fingerprint density at radius 3 is 2.44 bits per heavy atom. The summed E-state index contributed by atoms with van der Waals surface area (Å²) in [5.41, 5.74) is 4.58. The van der Waals surface area contributed by atoms with Gasteiger partial charge in [0.1, 0.15) is 0 Å².